The zero-order valence-electron chi connectivity index (χ0n) is 13.5. The molecule has 2 aromatic rings. The Bertz CT molecular complexity index is 679. The number of hydrogen-bond acceptors (Lipinski definition) is 2. The Morgan fingerprint density at radius 1 is 1.17 bits per heavy atom. The largest absolute Gasteiger partial charge is 0.351 e. The number of benzene rings is 1. The van der Waals surface area contributed by atoms with Crippen molar-refractivity contribution in [2.24, 2.45) is 5.10 Å². The molecule has 1 N–H and O–H groups in total. The lowest BCUT2D eigenvalue weighted by atomic mass is 9.95. The first-order valence-electron chi connectivity index (χ1n) is 8.30. The van der Waals surface area contributed by atoms with E-state index >= 15 is 0 Å². The number of rotatable bonds is 4. The number of carbonyl (C=O) groups excluding carboxylic acids is 1. The van der Waals surface area contributed by atoms with E-state index in [1.165, 1.54) is 32.1 Å². The van der Waals surface area contributed by atoms with E-state index in [4.69, 9.17) is 0 Å². The van der Waals surface area contributed by atoms with Crippen LogP contribution in [0.3, 0.4) is 0 Å². The van der Waals surface area contributed by atoms with Crippen LogP contribution in [0.5, 0.6) is 0 Å². The number of aryl methyl sites for hydroxylation is 1. The molecule has 1 aromatic carbocycles. The van der Waals surface area contributed by atoms with Gasteiger partial charge >= 0.3 is 0 Å². The van der Waals surface area contributed by atoms with Crippen molar-refractivity contribution in [3.8, 4) is 0 Å². The maximum atomic E-state index is 12.0. The third-order valence-corrected chi connectivity index (χ3v) is 4.43. The molecule has 3 rings (SSSR count). The molecule has 4 nitrogen and oxygen atoms in total. The van der Waals surface area contributed by atoms with Crippen LogP contribution in [0, 0.1) is 6.92 Å². The van der Waals surface area contributed by atoms with Crippen LogP contribution in [0.4, 0.5) is 0 Å². The summed E-state index contributed by atoms with van der Waals surface area (Å²) in [5.74, 6) is -0.187. The molecule has 0 atom stereocenters. The zero-order chi connectivity index (χ0) is 16.1. The van der Waals surface area contributed by atoms with Crippen molar-refractivity contribution in [3.05, 3.63) is 59.4 Å². The van der Waals surface area contributed by atoms with Gasteiger partial charge < -0.3 is 4.57 Å². The lowest BCUT2D eigenvalue weighted by Crippen LogP contribution is -2.17. The van der Waals surface area contributed by atoms with Crippen LogP contribution in [0.1, 0.15) is 59.6 Å². The number of carbonyl (C=O) groups is 1. The van der Waals surface area contributed by atoms with Gasteiger partial charge in [0.05, 0.1) is 6.21 Å². The molecule has 0 spiro atoms. The molecule has 0 unspecified atom stereocenters. The van der Waals surface area contributed by atoms with Crippen LogP contribution in [-0.2, 0) is 0 Å². The molecule has 1 saturated carbocycles. The topological polar surface area (TPSA) is 46.4 Å². The fourth-order valence-corrected chi connectivity index (χ4v) is 3.05. The summed E-state index contributed by atoms with van der Waals surface area (Å²) in [7, 11) is 0. The summed E-state index contributed by atoms with van der Waals surface area (Å²) in [6.07, 6.45) is 12.4. The van der Waals surface area contributed by atoms with E-state index in [1.807, 2.05) is 25.1 Å². The molecule has 1 amide bonds. The molecule has 0 radical (unpaired) electrons. The second kappa shape index (κ2) is 7.27. The minimum absolute atomic E-state index is 0.187. The van der Waals surface area contributed by atoms with Crippen molar-refractivity contribution in [2.45, 2.75) is 45.1 Å². The maximum Gasteiger partial charge on any atom is 0.271 e. The van der Waals surface area contributed by atoms with Crippen LogP contribution in [-0.4, -0.2) is 16.7 Å². The molecular formula is C19H23N3O. The lowest BCUT2D eigenvalue weighted by molar-refractivity contribution is 0.0955. The monoisotopic (exact) mass is 309 g/mol. The highest BCUT2D eigenvalue weighted by Gasteiger charge is 2.14. The predicted octanol–water partition coefficient (Wildman–Crippen LogP) is 4.07. The Hall–Kier alpha value is -2.36. The average Bonchev–Trinajstić information content (AvgIpc) is 3.05. The number of amides is 1. The summed E-state index contributed by atoms with van der Waals surface area (Å²) in [4.78, 5) is 12.0. The van der Waals surface area contributed by atoms with Crippen LogP contribution in [0.2, 0.25) is 0 Å². The van der Waals surface area contributed by atoms with Crippen LogP contribution in [0.25, 0.3) is 0 Å². The van der Waals surface area contributed by atoms with Crippen molar-refractivity contribution in [1.29, 1.82) is 0 Å². The van der Waals surface area contributed by atoms with Crippen molar-refractivity contribution >= 4 is 12.1 Å². The minimum atomic E-state index is -0.187. The van der Waals surface area contributed by atoms with Crippen molar-refractivity contribution in [3.63, 3.8) is 0 Å². The van der Waals surface area contributed by atoms with Gasteiger partial charge in [0.1, 0.15) is 0 Å². The number of nitrogens with one attached hydrogen (secondary N) is 1. The van der Waals surface area contributed by atoms with Gasteiger partial charge in [-0.1, -0.05) is 37.0 Å². The highest BCUT2D eigenvalue weighted by atomic mass is 16.2. The molecular weight excluding hydrogens is 286 g/mol. The van der Waals surface area contributed by atoms with E-state index in [-0.39, 0.29) is 5.91 Å². The molecule has 1 aliphatic rings. The first-order chi connectivity index (χ1) is 11.2. The fraction of sp³-hybridized carbons (Fsp3) is 0.368. The highest BCUT2D eigenvalue weighted by Crippen LogP contribution is 2.28. The molecule has 0 aliphatic heterocycles. The van der Waals surface area contributed by atoms with Crippen LogP contribution >= 0.6 is 0 Å². The van der Waals surface area contributed by atoms with Gasteiger partial charge in [0.15, 0.2) is 0 Å². The molecule has 4 heteroatoms. The summed E-state index contributed by atoms with van der Waals surface area (Å²) in [6.45, 7) is 2.00. The Morgan fingerprint density at radius 3 is 2.65 bits per heavy atom. The van der Waals surface area contributed by atoms with E-state index in [0.717, 1.165) is 11.1 Å². The molecule has 23 heavy (non-hydrogen) atoms. The van der Waals surface area contributed by atoms with Crippen molar-refractivity contribution in [2.75, 3.05) is 0 Å². The summed E-state index contributed by atoms with van der Waals surface area (Å²) >= 11 is 0. The summed E-state index contributed by atoms with van der Waals surface area (Å²) in [5, 5.41) is 4.06. The standard InChI is InChI=1S/C19H23N3O/c1-15-7-9-17(10-8-15)19(23)21-20-13-16-11-12-22(14-16)18-5-3-2-4-6-18/h7-14,18H,2-6H2,1H3,(H,21,23)/b20-13-. The van der Waals surface area contributed by atoms with Gasteiger partial charge in [0.25, 0.3) is 5.91 Å². The van der Waals surface area contributed by atoms with E-state index in [0.29, 0.717) is 11.6 Å². The lowest BCUT2D eigenvalue weighted by Gasteiger charge is -2.23. The zero-order valence-corrected chi connectivity index (χ0v) is 13.5. The maximum absolute atomic E-state index is 12.0. The SMILES string of the molecule is Cc1ccc(C(=O)N/N=C\c2ccn(C3CCCCC3)c2)cc1. The van der Waals surface area contributed by atoms with E-state index in [9.17, 15) is 4.79 Å². The van der Waals surface area contributed by atoms with Crippen molar-refractivity contribution < 1.29 is 4.79 Å². The van der Waals surface area contributed by atoms with Gasteiger partial charge in [-0.3, -0.25) is 4.79 Å². The quantitative estimate of drug-likeness (QED) is 0.671. The summed E-state index contributed by atoms with van der Waals surface area (Å²) in [5.41, 5.74) is 5.34. The first kappa shape index (κ1) is 15.5. The average molecular weight is 309 g/mol. The Labute approximate surface area is 137 Å². The van der Waals surface area contributed by atoms with Gasteiger partial charge in [0.2, 0.25) is 0 Å². The first-order valence-corrected chi connectivity index (χ1v) is 8.30. The molecule has 1 aromatic heterocycles. The fourth-order valence-electron chi connectivity index (χ4n) is 3.05. The molecule has 1 fully saturated rings. The molecule has 120 valence electrons. The van der Waals surface area contributed by atoms with Crippen molar-refractivity contribution in [1.82, 2.24) is 9.99 Å². The van der Waals surface area contributed by atoms with Gasteiger partial charge in [-0.2, -0.15) is 5.10 Å². The van der Waals surface area contributed by atoms with Gasteiger partial charge in [-0.05, 0) is 38.0 Å². The summed E-state index contributed by atoms with van der Waals surface area (Å²) in [6, 6.07) is 10.1. The van der Waals surface area contributed by atoms with E-state index in [2.05, 4.69) is 27.5 Å². The third-order valence-electron chi connectivity index (χ3n) is 4.43. The second-order valence-corrected chi connectivity index (χ2v) is 6.25. The molecule has 1 aliphatic carbocycles. The molecule has 0 bridgehead atoms. The smallest absolute Gasteiger partial charge is 0.271 e. The second-order valence-electron chi connectivity index (χ2n) is 6.25. The van der Waals surface area contributed by atoms with E-state index in [1.54, 1.807) is 18.3 Å². The molecule has 1 heterocycles. The number of hydrazone groups is 1. The van der Waals surface area contributed by atoms with E-state index < -0.39 is 0 Å². The number of nitrogens with zero attached hydrogens (tertiary/aromatic N) is 2. The number of aromatic nitrogens is 1. The van der Waals surface area contributed by atoms with Crippen LogP contribution < -0.4 is 5.43 Å². The van der Waals surface area contributed by atoms with Gasteiger partial charge in [-0.15, -0.1) is 0 Å². The Kier molecular flexibility index (Phi) is 4.91. The Balaban J connectivity index is 1.56. The number of hydrogen-bond donors (Lipinski definition) is 1. The predicted molar refractivity (Wildman–Crippen MR) is 92.8 cm³/mol. The van der Waals surface area contributed by atoms with Gasteiger partial charge in [-0.25, -0.2) is 5.43 Å². The van der Waals surface area contributed by atoms with Crippen LogP contribution in [0.15, 0.2) is 47.8 Å². The minimum Gasteiger partial charge on any atom is -0.351 e. The molecule has 0 saturated heterocycles. The Morgan fingerprint density at radius 2 is 1.91 bits per heavy atom. The summed E-state index contributed by atoms with van der Waals surface area (Å²) < 4.78 is 2.28. The highest BCUT2D eigenvalue weighted by molar-refractivity contribution is 5.94. The third kappa shape index (κ3) is 4.09. The normalized spacial score (nSPS) is 15.9. The van der Waals surface area contributed by atoms with Gasteiger partial charge in [0, 0.05) is 29.6 Å².